The number of carbonyl (C=O) groups is 1. The SMILES string of the molecule is CCCCCNC(=O)c1ccnc(Nc2ccc(OC)c(OC)c2)c1. The second kappa shape index (κ2) is 9.52. The van der Waals surface area contributed by atoms with Crippen molar-refractivity contribution in [2.75, 3.05) is 26.1 Å². The number of methoxy groups -OCH3 is 2. The maximum Gasteiger partial charge on any atom is 0.251 e. The Morgan fingerprint density at radius 3 is 2.60 bits per heavy atom. The average molecular weight is 343 g/mol. The molecule has 0 aliphatic rings. The molecule has 1 heterocycles. The summed E-state index contributed by atoms with van der Waals surface area (Å²) in [4.78, 5) is 16.5. The molecule has 2 rings (SSSR count). The highest BCUT2D eigenvalue weighted by atomic mass is 16.5. The van der Waals surface area contributed by atoms with Crippen LogP contribution in [0.5, 0.6) is 11.5 Å². The summed E-state index contributed by atoms with van der Waals surface area (Å²) >= 11 is 0. The topological polar surface area (TPSA) is 72.5 Å². The molecule has 6 heteroatoms. The van der Waals surface area contributed by atoms with Crippen molar-refractivity contribution in [1.29, 1.82) is 0 Å². The lowest BCUT2D eigenvalue weighted by Gasteiger charge is -2.11. The van der Waals surface area contributed by atoms with Crippen molar-refractivity contribution in [3.8, 4) is 11.5 Å². The smallest absolute Gasteiger partial charge is 0.251 e. The summed E-state index contributed by atoms with van der Waals surface area (Å²) in [5, 5.41) is 6.10. The molecule has 0 spiro atoms. The summed E-state index contributed by atoms with van der Waals surface area (Å²) in [6.45, 7) is 2.82. The predicted octanol–water partition coefficient (Wildman–Crippen LogP) is 3.76. The Bertz CT molecular complexity index is 704. The van der Waals surface area contributed by atoms with Crippen LogP contribution in [0.1, 0.15) is 36.5 Å². The van der Waals surface area contributed by atoms with Crippen LogP contribution in [0.25, 0.3) is 0 Å². The lowest BCUT2D eigenvalue weighted by Crippen LogP contribution is -2.24. The third-order valence-corrected chi connectivity index (χ3v) is 3.74. The molecule has 0 saturated carbocycles. The summed E-state index contributed by atoms with van der Waals surface area (Å²) in [6.07, 6.45) is 4.85. The minimum absolute atomic E-state index is 0.0890. The Morgan fingerprint density at radius 1 is 1.08 bits per heavy atom. The van der Waals surface area contributed by atoms with Crippen molar-refractivity contribution >= 4 is 17.4 Å². The number of nitrogens with one attached hydrogen (secondary N) is 2. The quantitative estimate of drug-likeness (QED) is 0.678. The molecule has 0 unspecified atom stereocenters. The molecule has 1 aromatic carbocycles. The first-order chi connectivity index (χ1) is 12.2. The van der Waals surface area contributed by atoms with Gasteiger partial charge in [0.05, 0.1) is 14.2 Å². The van der Waals surface area contributed by atoms with Crippen LogP contribution in [0.15, 0.2) is 36.5 Å². The van der Waals surface area contributed by atoms with Gasteiger partial charge in [0.15, 0.2) is 11.5 Å². The summed E-state index contributed by atoms with van der Waals surface area (Å²) in [7, 11) is 3.18. The Morgan fingerprint density at radius 2 is 1.88 bits per heavy atom. The molecule has 0 aliphatic carbocycles. The van der Waals surface area contributed by atoms with Gasteiger partial charge in [0, 0.05) is 30.1 Å². The maximum absolute atomic E-state index is 12.2. The molecule has 0 fully saturated rings. The highest BCUT2D eigenvalue weighted by molar-refractivity contribution is 5.94. The summed E-state index contributed by atoms with van der Waals surface area (Å²) < 4.78 is 10.5. The first-order valence-electron chi connectivity index (χ1n) is 8.41. The predicted molar refractivity (Wildman–Crippen MR) is 98.9 cm³/mol. The van der Waals surface area contributed by atoms with E-state index in [1.54, 1.807) is 32.5 Å². The lowest BCUT2D eigenvalue weighted by atomic mass is 10.2. The molecule has 134 valence electrons. The van der Waals surface area contributed by atoms with Crippen molar-refractivity contribution in [2.45, 2.75) is 26.2 Å². The second-order valence-electron chi connectivity index (χ2n) is 5.59. The van der Waals surface area contributed by atoms with Gasteiger partial charge >= 0.3 is 0 Å². The number of ether oxygens (including phenoxy) is 2. The summed E-state index contributed by atoms with van der Waals surface area (Å²) in [5.41, 5.74) is 1.38. The van der Waals surface area contributed by atoms with Gasteiger partial charge in [-0.2, -0.15) is 0 Å². The van der Waals surface area contributed by atoms with E-state index in [0.29, 0.717) is 29.4 Å². The number of hydrogen-bond donors (Lipinski definition) is 2. The molecule has 0 aliphatic heterocycles. The molecule has 2 aromatic rings. The van der Waals surface area contributed by atoms with Gasteiger partial charge in [-0.15, -0.1) is 0 Å². The fraction of sp³-hybridized carbons (Fsp3) is 0.368. The molecular weight excluding hydrogens is 318 g/mol. The van der Waals surface area contributed by atoms with E-state index in [1.165, 1.54) is 0 Å². The first kappa shape index (κ1) is 18.6. The number of benzene rings is 1. The van der Waals surface area contributed by atoms with Gasteiger partial charge in [-0.05, 0) is 30.7 Å². The van der Waals surface area contributed by atoms with Crippen LogP contribution in [-0.4, -0.2) is 31.7 Å². The molecule has 0 saturated heterocycles. The van der Waals surface area contributed by atoms with E-state index in [1.807, 2.05) is 18.2 Å². The standard InChI is InChI=1S/C19H25N3O3/c1-4-5-6-10-21-19(23)14-9-11-20-18(12-14)22-15-7-8-16(24-2)17(13-15)25-3/h7-9,11-13H,4-6,10H2,1-3H3,(H,20,22)(H,21,23). The Balaban J connectivity index is 2.05. The molecule has 6 nitrogen and oxygen atoms in total. The van der Waals surface area contributed by atoms with E-state index in [-0.39, 0.29) is 5.91 Å². The zero-order chi connectivity index (χ0) is 18.1. The van der Waals surface area contributed by atoms with Crippen molar-refractivity contribution in [3.05, 3.63) is 42.1 Å². The fourth-order valence-corrected chi connectivity index (χ4v) is 2.38. The van der Waals surface area contributed by atoms with Crippen LogP contribution in [0.3, 0.4) is 0 Å². The largest absolute Gasteiger partial charge is 0.493 e. The molecule has 0 atom stereocenters. The number of carbonyl (C=O) groups excluding carboxylic acids is 1. The Labute approximate surface area is 148 Å². The third-order valence-electron chi connectivity index (χ3n) is 3.74. The van der Waals surface area contributed by atoms with Crippen LogP contribution in [-0.2, 0) is 0 Å². The van der Waals surface area contributed by atoms with E-state index in [0.717, 1.165) is 24.9 Å². The van der Waals surface area contributed by atoms with Gasteiger partial charge < -0.3 is 20.1 Å². The lowest BCUT2D eigenvalue weighted by molar-refractivity contribution is 0.0953. The van der Waals surface area contributed by atoms with E-state index in [9.17, 15) is 4.79 Å². The molecule has 0 bridgehead atoms. The third kappa shape index (κ3) is 5.38. The second-order valence-corrected chi connectivity index (χ2v) is 5.59. The van der Waals surface area contributed by atoms with E-state index in [4.69, 9.17) is 9.47 Å². The van der Waals surface area contributed by atoms with Gasteiger partial charge in [-0.1, -0.05) is 19.8 Å². The van der Waals surface area contributed by atoms with Crippen molar-refractivity contribution in [1.82, 2.24) is 10.3 Å². The number of anilines is 2. The molecule has 1 amide bonds. The number of aromatic nitrogens is 1. The molecule has 0 radical (unpaired) electrons. The van der Waals surface area contributed by atoms with E-state index >= 15 is 0 Å². The van der Waals surface area contributed by atoms with Gasteiger partial charge in [0.1, 0.15) is 5.82 Å². The minimum atomic E-state index is -0.0890. The average Bonchev–Trinajstić information content (AvgIpc) is 2.65. The fourth-order valence-electron chi connectivity index (χ4n) is 2.38. The highest BCUT2D eigenvalue weighted by Gasteiger charge is 2.08. The maximum atomic E-state index is 12.2. The minimum Gasteiger partial charge on any atom is -0.493 e. The van der Waals surface area contributed by atoms with Crippen LogP contribution in [0.4, 0.5) is 11.5 Å². The molecule has 25 heavy (non-hydrogen) atoms. The molecular formula is C19H25N3O3. The van der Waals surface area contributed by atoms with Gasteiger partial charge in [-0.25, -0.2) is 4.98 Å². The zero-order valence-corrected chi connectivity index (χ0v) is 15.0. The van der Waals surface area contributed by atoms with Crippen LogP contribution < -0.4 is 20.1 Å². The van der Waals surface area contributed by atoms with Crippen LogP contribution in [0, 0.1) is 0 Å². The number of unbranched alkanes of at least 4 members (excludes halogenated alkanes) is 2. The summed E-state index contributed by atoms with van der Waals surface area (Å²) in [6, 6.07) is 8.92. The Hall–Kier alpha value is -2.76. The van der Waals surface area contributed by atoms with Gasteiger partial charge in [0.2, 0.25) is 0 Å². The first-order valence-corrected chi connectivity index (χ1v) is 8.41. The normalized spacial score (nSPS) is 10.2. The zero-order valence-electron chi connectivity index (χ0n) is 15.0. The van der Waals surface area contributed by atoms with Gasteiger partial charge in [0.25, 0.3) is 5.91 Å². The van der Waals surface area contributed by atoms with E-state index < -0.39 is 0 Å². The number of nitrogens with zero attached hydrogens (tertiary/aromatic N) is 1. The van der Waals surface area contributed by atoms with Crippen molar-refractivity contribution in [2.24, 2.45) is 0 Å². The van der Waals surface area contributed by atoms with Crippen molar-refractivity contribution in [3.63, 3.8) is 0 Å². The summed E-state index contributed by atoms with van der Waals surface area (Å²) in [5.74, 6) is 1.78. The molecule has 2 N–H and O–H groups in total. The van der Waals surface area contributed by atoms with Crippen LogP contribution >= 0.6 is 0 Å². The highest BCUT2D eigenvalue weighted by Crippen LogP contribution is 2.30. The Kier molecular flexibility index (Phi) is 7.07. The molecule has 1 aromatic heterocycles. The monoisotopic (exact) mass is 343 g/mol. The number of rotatable bonds is 9. The van der Waals surface area contributed by atoms with Gasteiger partial charge in [-0.3, -0.25) is 4.79 Å². The number of hydrogen-bond acceptors (Lipinski definition) is 5. The van der Waals surface area contributed by atoms with Crippen LogP contribution in [0.2, 0.25) is 0 Å². The van der Waals surface area contributed by atoms with Crippen molar-refractivity contribution < 1.29 is 14.3 Å². The van der Waals surface area contributed by atoms with E-state index in [2.05, 4.69) is 22.5 Å². The number of pyridine rings is 1. The number of amides is 1.